The van der Waals surface area contributed by atoms with Gasteiger partial charge in [0.2, 0.25) is 0 Å². The Bertz CT molecular complexity index is 619. The van der Waals surface area contributed by atoms with Gasteiger partial charge in [-0.25, -0.2) is 4.98 Å². The Morgan fingerprint density at radius 1 is 1.57 bits per heavy atom. The molecule has 21 heavy (non-hydrogen) atoms. The molecule has 1 amide bonds. The summed E-state index contributed by atoms with van der Waals surface area (Å²) in [4.78, 5) is 19.5. The summed E-state index contributed by atoms with van der Waals surface area (Å²) >= 11 is 10.9. The van der Waals surface area contributed by atoms with Crippen molar-refractivity contribution in [3.05, 3.63) is 49.8 Å². The molecule has 1 unspecified atom stereocenters. The number of carbonyl (C=O) groups is 1. The smallest absolute Gasteiger partial charge is 0.254 e. The van der Waals surface area contributed by atoms with Crippen LogP contribution in [0.2, 0.25) is 5.15 Å². The van der Waals surface area contributed by atoms with Crippen LogP contribution in [0.15, 0.2) is 34.2 Å². The predicted molar refractivity (Wildman–Crippen MR) is 90.0 cm³/mol. The molecule has 2 rings (SSSR count). The van der Waals surface area contributed by atoms with Crippen LogP contribution in [0.4, 0.5) is 0 Å². The van der Waals surface area contributed by atoms with Crippen LogP contribution in [0.5, 0.6) is 0 Å². The first-order valence-corrected chi connectivity index (χ1v) is 8.33. The van der Waals surface area contributed by atoms with E-state index in [4.69, 9.17) is 11.6 Å². The summed E-state index contributed by atoms with van der Waals surface area (Å²) in [6.45, 7) is 0.509. The van der Waals surface area contributed by atoms with E-state index in [0.29, 0.717) is 12.1 Å². The van der Waals surface area contributed by atoms with Gasteiger partial charge in [0, 0.05) is 22.1 Å². The molecular formula is C14H15BrClN3OS. The number of nitrogens with one attached hydrogen (secondary N) is 1. The van der Waals surface area contributed by atoms with E-state index in [1.54, 1.807) is 23.6 Å². The fraction of sp³-hybridized carbons (Fsp3) is 0.286. The summed E-state index contributed by atoms with van der Waals surface area (Å²) in [6.07, 6.45) is 1.56. The number of halogens is 2. The van der Waals surface area contributed by atoms with Gasteiger partial charge in [-0.3, -0.25) is 4.79 Å². The van der Waals surface area contributed by atoms with Crippen LogP contribution < -0.4 is 5.32 Å². The molecule has 0 fully saturated rings. The van der Waals surface area contributed by atoms with Crippen molar-refractivity contribution in [3.8, 4) is 0 Å². The van der Waals surface area contributed by atoms with Crippen molar-refractivity contribution in [2.24, 2.45) is 0 Å². The molecule has 0 radical (unpaired) electrons. The van der Waals surface area contributed by atoms with Gasteiger partial charge in [-0.05, 0) is 47.5 Å². The monoisotopic (exact) mass is 387 g/mol. The average molecular weight is 389 g/mol. The van der Waals surface area contributed by atoms with Gasteiger partial charge in [0.25, 0.3) is 5.91 Å². The summed E-state index contributed by atoms with van der Waals surface area (Å²) in [6, 6.07) is 5.87. The minimum atomic E-state index is -0.225. The van der Waals surface area contributed by atoms with Gasteiger partial charge in [0.05, 0.1) is 11.6 Å². The molecule has 0 aromatic carbocycles. The van der Waals surface area contributed by atoms with E-state index >= 15 is 0 Å². The average Bonchev–Trinajstić information content (AvgIpc) is 2.95. The molecular weight excluding hydrogens is 374 g/mol. The van der Waals surface area contributed by atoms with Crippen LogP contribution in [0.1, 0.15) is 21.3 Å². The number of hydrogen-bond acceptors (Lipinski definition) is 4. The first kappa shape index (κ1) is 16.4. The van der Waals surface area contributed by atoms with Crippen LogP contribution in [-0.2, 0) is 0 Å². The van der Waals surface area contributed by atoms with E-state index in [-0.39, 0.29) is 17.1 Å². The fourth-order valence-corrected chi connectivity index (χ4v) is 3.33. The van der Waals surface area contributed by atoms with Crippen molar-refractivity contribution in [2.45, 2.75) is 6.04 Å². The Morgan fingerprint density at radius 2 is 2.33 bits per heavy atom. The number of amides is 1. The lowest BCUT2D eigenvalue weighted by Crippen LogP contribution is -2.34. The number of aromatic nitrogens is 1. The molecule has 0 spiro atoms. The third-order valence-corrected chi connectivity index (χ3v) is 4.71. The van der Waals surface area contributed by atoms with Crippen molar-refractivity contribution in [3.63, 3.8) is 0 Å². The molecule has 0 aliphatic rings. The number of thiophene rings is 1. The van der Waals surface area contributed by atoms with Gasteiger partial charge in [-0.2, -0.15) is 0 Å². The van der Waals surface area contributed by atoms with Gasteiger partial charge in [0.15, 0.2) is 0 Å². The van der Waals surface area contributed by atoms with E-state index in [2.05, 4.69) is 37.2 Å². The third kappa shape index (κ3) is 4.26. The van der Waals surface area contributed by atoms with Gasteiger partial charge < -0.3 is 10.2 Å². The Kier molecular flexibility index (Phi) is 5.75. The van der Waals surface area contributed by atoms with Crippen LogP contribution in [0.25, 0.3) is 0 Å². The summed E-state index contributed by atoms with van der Waals surface area (Å²) in [5.74, 6) is -0.225. The molecule has 0 saturated carbocycles. The maximum Gasteiger partial charge on any atom is 0.254 e. The zero-order valence-corrected chi connectivity index (χ0v) is 14.8. The van der Waals surface area contributed by atoms with E-state index < -0.39 is 0 Å². The van der Waals surface area contributed by atoms with Crippen LogP contribution in [0.3, 0.4) is 0 Å². The standard InChI is InChI=1S/C14H15BrClN3OS/c1-19(2)11(12-4-3-5-21-12)8-18-14(20)10-6-9(15)7-17-13(10)16/h3-7,11H,8H2,1-2H3,(H,18,20). The first-order chi connectivity index (χ1) is 9.99. The zero-order chi connectivity index (χ0) is 15.4. The minimum Gasteiger partial charge on any atom is -0.350 e. The largest absolute Gasteiger partial charge is 0.350 e. The van der Waals surface area contributed by atoms with Crippen LogP contribution in [-0.4, -0.2) is 36.4 Å². The van der Waals surface area contributed by atoms with Gasteiger partial charge >= 0.3 is 0 Å². The van der Waals surface area contributed by atoms with Crippen molar-refractivity contribution in [2.75, 3.05) is 20.6 Å². The van der Waals surface area contributed by atoms with E-state index in [1.807, 2.05) is 25.5 Å². The first-order valence-electron chi connectivity index (χ1n) is 6.28. The Morgan fingerprint density at radius 3 is 2.95 bits per heavy atom. The minimum absolute atomic E-state index is 0.132. The Labute approximate surface area is 141 Å². The molecule has 112 valence electrons. The highest BCUT2D eigenvalue weighted by Gasteiger charge is 2.18. The SMILES string of the molecule is CN(C)C(CNC(=O)c1cc(Br)cnc1Cl)c1cccs1. The lowest BCUT2D eigenvalue weighted by Gasteiger charge is -2.23. The molecule has 2 aromatic rings. The lowest BCUT2D eigenvalue weighted by atomic mass is 10.2. The summed E-state index contributed by atoms with van der Waals surface area (Å²) < 4.78 is 0.722. The van der Waals surface area contributed by atoms with Crippen molar-refractivity contribution in [1.82, 2.24) is 15.2 Å². The highest BCUT2D eigenvalue weighted by Crippen LogP contribution is 2.23. The Hall–Kier alpha value is -0.950. The third-order valence-electron chi connectivity index (χ3n) is 3.00. The van der Waals surface area contributed by atoms with Crippen LogP contribution in [0, 0.1) is 0 Å². The van der Waals surface area contributed by atoms with Gasteiger partial charge in [-0.15, -0.1) is 11.3 Å². The van der Waals surface area contributed by atoms with Crippen LogP contribution >= 0.6 is 38.9 Å². The molecule has 2 aromatic heterocycles. The maximum atomic E-state index is 12.2. The molecule has 0 bridgehead atoms. The number of likely N-dealkylation sites (N-methyl/N-ethyl adjacent to an activating group) is 1. The molecule has 0 saturated heterocycles. The zero-order valence-electron chi connectivity index (χ0n) is 11.6. The van der Waals surface area contributed by atoms with E-state index in [0.717, 1.165) is 4.47 Å². The molecule has 0 aliphatic carbocycles. The number of rotatable bonds is 5. The van der Waals surface area contributed by atoms with E-state index in [1.165, 1.54) is 4.88 Å². The van der Waals surface area contributed by atoms with Gasteiger partial charge in [-0.1, -0.05) is 17.7 Å². The number of carbonyl (C=O) groups excluding carboxylic acids is 1. The lowest BCUT2D eigenvalue weighted by molar-refractivity contribution is 0.0942. The summed E-state index contributed by atoms with van der Waals surface area (Å²) in [5, 5.41) is 5.15. The second-order valence-electron chi connectivity index (χ2n) is 4.70. The fourth-order valence-electron chi connectivity index (χ4n) is 1.88. The topological polar surface area (TPSA) is 45.2 Å². The Balaban J connectivity index is 2.07. The number of pyridine rings is 1. The predicted octanol–water partition coefficient (Wildman–Crippen LogP) is 3.59. The summed E-state index contributed by atoms with van der Waals surface area (Å²) in [5.41, 5.74) is 0.370. The molecule has 7 heteroatoms. The number of hydrogen-bond donors (Lipinski definition) is 1. The normalized spacial score (nSPS) is 12.4. The second-order valence-corrected chi connectivity index (χ2v) is 6.95. The van der Waals surface area contributed by atoms with Crippen molar-refractivity contribution < 1.29 is 4.79 Å². The molecule has 4 nitrogen and oxygen atoms in total. The van der Waals surface area contributed by atoms with Gasteiger partial charge in [0.1, 0.15) is 5.15 Å². The second kappa shape index (κ2) is 7.35. The van der Waals surface area contributed by atoms with Crippen molar-refractivity contribution >= 4 is 44.8 Å². The molecule has 0 aliphatic heterocycles. The number of nitrogens with zero attached hydrogens (tertiary/aromatic N) is 2. The quantitative estimate of drug-likeness (QED) is 0.796. The molecule has 1 N–H and O–H groups in total. The highest BCUT2D eigenvalue weighted by molar-refractivity contribution is 9.10. The highest BCUT2D eigenvalue weighted by atomic mass is 79.9. The molecule has 2 heterocycles. The molecule has 1 atom stereocenters. The van der Waals surface area contributed by atoms with E-state index in [9.17, 15) is 4.79 Å². The maximum absolute atomic E-state index is 12.2. The summed E-state index contributed by atoms with van der Waals surface area (Å²) in [7, 11) is 3.98. The van der Waals surface area contributed by atoms with Crippen molar-refractivity contribution in [1.29, 1.82) is 0 Å².